The molecule has 33 heavy (non-hydrogen) atoms. The fraction of sp³-hybridized carbons (Fsp3) is 0.0455. The van der Waals surface area contributed by atoms with Crippen LogP contribution in [-0.2, 0) is 6.18 Å². The van der Waals surface area contributed by atoms with Gasteiger partial charge < -0.3 is 11.8 Å². The number of nitrogens with zero attached hydrogens (tertiary/aromatic N) is 4. The zero-order valence-electron chi connectivity index (χ0n) is 16.9. The van der Waals surface area contributed by atoms with Crippen LogP contribution in [0.15, 0.2) is 57.7 Å². The van der Waals surface area contributed by atoms with Gasteiger partial charge in [-0.1, -0.05) is 30.3 Å². The third kappa shape index (κ3) is 3.97. The summed E-state index contributed by atoms with van der Waals surface area (Å²) in [5.41, 5.74) is -2.72. The maximum absolute atomic E-state index is 13.8. The van der Waals surface area contributed by atoms with Crippen LogP contribution in [0.4, 0.5) is 13.2 Å². The van der Waals surface area contributed by atoms with E-state index in [9.17, 15) is 23.2 Å². The molecule has 162 valence electrons. The van der Waals surface area contributed by atoms with Crippen molar-refractivity contribution in [1.82, 2.24) is 19.6 Å². The normalized spacial score (nSPS) is 11.1. The van der Waals surface area contributed by atoms with Crippen LogP contribution < -0.4 is 5.56 Å². The quantitative estimate of drug-likeness (QED) is 0.276. The van der Waals surface area contributed by atoms with Crippen LogP contribution in [0.5, 0.6) is 0 Å². The van der Waals surface area contributed by atoms with Gasteiger partial charge in [-0.05, 0) is 11.1 Å². The zero-order chi connectivity index (χ0) is 21.8. The van der Waals surface area contributed by atoms with Crippen molar-refractivity contribution >= 4 is 16.7 Å². The van der Waals surface area contributed by atoms with Crippen molar-refractivity contribution < 1.29 is 48.7 Å². The van der Waals surface area contributed by atoms with Crippen LogP contribution in [0.3, 0.4) is 0 Å². The van der Waals surface area contributed by atoms with Crippen LogP contribution in [0.25, 0.3) is 39.3 Å². The van der Waals surface area contributed by atoms with Gasteiger partial charge in [0.1, 0.15) is 17.3 Å². The molecule has 7 nitrogen and oxygen atoms in total. The van der Waals surface area contributed by atoms with E-state index in [4.69, 9.17) is 4.42 Å². The summed E-state index contributed by atoms with van der Waals surface area (Å²) >= 11 is 0. The second kappa shape index (κ2) is 8.89. The van der Waals surface area contributed by atoms with E-state index in [-0.39, 0.29) is 66.8 Å². The second-order valence-corrected chi connectivity index (χ2v) is 6.54. The molecule has 1 N–H and O–H groups in total. The van der Waals surface area contributed by atoms with Crippen LogP contribution in [0.1, 0.15) is 11.4 Å². The summed E-state index contributed by atoms with van der Waals surface area (Å²) in [6.45, 7) is 0. The largest absolute Gasteiger partial charge is 2.00 e. The summed E-state index contributed by atoms with van der Waals surface area (Å²) in [6, 6.07) is 17.1. The zero-order valence-corrected chi connectivity index (χ0v) is 21.0. The molecule has 0 unspecified atom stereocenters. The van der Waals surface area contributed by atoms with Crippen molar-refractivity contribution in [3.05, 3.63) is 83.8 Å². The Kier molecular flexibility index (Phi) is 6.55. The number of hydrogen-bond acceptors (Lipinski definition) is 5. The maximum Gasteiger partial charge on any atom is 2.00 e. The van der Waals surface area contributed by atoms with Crippen molar-refractivity contribution in [2.75, 3.05) is 0 Å². The Hall–Kier alpha value is -3.34. The predicted octanol–water partition coefficient (Wildman–Crippen LogP) is 4.64. The van der Waals surface area contributed by atoms with Crippen LogP contribution in [0, 0.1) is 55.9 Å². The molecule has 0 spiro atoms. The number of aromatic amines is 1. The number of fused-ring (bicyclic) bond motifs is 2. The first-order valence-corrected chi connectivity index (χ1v) is 8.87. The number of halogens is 3. The first kappa shape index (κ1) is 24.3. The molecule has 3 heterocycles. The molecule has 0 aliphatic carbocycles. The van der Waals surface area contributed by atoms with E-state index in [2.05, 4.69) is 21.1 Å². The van der Waals surface area contributed by atoms with Crippen LogP contribution >= 0.6 is 0 Å². The van der Waals surface area contributed by atoms with Gasteiger partial charge in [-0.3, -0.25) is 9.89 Å². The van der Waals surface area contributed by atoms with Gasteiger partial charge in [-0.15, -0.1) is 6.07 Å². The number of nitriles is 1. The second-order valence-electron chi connectivity index (χ2n) is 6.54. The van der Waals surface area contributed by atoms with Gasteiger partial charge in [0.2, 0.25) is 5.89 Å². The minimum absolute atomic E-state index is 0. The fourth-order valence-corrected chi connectivity index (χ4v) is 3.35. The molecule has 3 aromatic heterocycles. The van der Waals surface area contributed by atoms with E-state index in [0.717, 1.165) is 0 Å². The number of rotatable bonds is 2. The first-order valence-electron chi connectivity index (χ1n) is 8.87. The van der Waals surface area contributed by atoms with E-state index < -0.39 is 23.1 Å². The molecular weight excluding hydrogens is 661 g/mol. The molecule has 5 rings (SSSR count). The van der Waals surface area contributed by atoms with Gasteiger partial charge in [0.25, 0.3) is 5.56 Å². The SMILES string of the molecule is N#Cc1nc2c(-c3ccccc3)c(C(F)(F)F)[nH]n2c(=O)c1-c1nc2[c-]cccc2o1.[CH3-].[U+2]. The maximum atomic E-state index is 13.8. The van der Waals surface area contributed by atoms with Crippen molar-refractivity contribution in [3.63, 3.8) is 0 Å². The number of hydrogen-bond donors (Lipinski definition) is 1. The molecule has 0 fully saturated rings. The summed E-state index contributed by atoms with van der Waals surface area (Å²) in [7, 11) is 0. The number of para-hydroxylation sites is 1. The molecule has 0 aliphatic rings. The van der Waals surface area contributed by atoms with E-state index in [0.29, 0.717) is 15.6 Å². The minimum Gasteiger partial charge on any atom is -0.500 e. The number of H-pyrrole nitrogens is 1. The van der Waals surface area contributed by atoms with E-state index in [1.165, 1.54) is 12.1 Å². The van der Waals surface area contributed by atoms with Crippen molar-refractivity contribution in [2.45, 2.75) is 6.18 Å². The number of nitrogens with one attached hydrogen (secondary N) is 1. The molecule has 0 radical (unpaired) electrons. The summed E-state index contributed by atoms with van der Waals surface area (Å²) < 4.78 is 47.5. The minimum atomic E-state index is -4.80. The van der Waals surface area contributed by atoms with Crippen molar-refractivity contribution in [2.24, 2.45) is 0 Å². The molecule has 11 heteroatoms. The Morgan fingerprint density at radius 1 is 1.09 bits per heavy atom. The van der Waals surface area contributed by atoms with Gasteiger partial charge in [0, 0.05) is 5.58 Å². The average molecular weight is 673 g/mol. The van der Waals surface area contributed by atoms with Gasteiger partial charge >= 0.3 is 37.3 Å². The van der Waals surface area contributed by atoms with Crippen LogP contribution in [-0.4, -0.2) is 19.6 Å². The number of oxazole rings is 1. The standard InChI is InChI=1S/C21H9F3N5O2.CH3.U/c22-21(23,24)17-15(11-6-2-1-3-7-11)18-26-13(10-25)16(20(30)29(18)28-17)19-27-12-8-4-5-9-14(12)31-19;;/h1-7,9,28H;1H3;/q2*-1;+2. The Bertz CT molecular complexity index is 1530. The topological polar surface area (TPSA) is 100.0 Å². The van der Waals surface area contributed by atoms with E-state index in [1.54, 1.807) is 42.5 Å². The third-order valence-corrected chi connectivity index (χ3v) is 4.66. The van der Waals surface area contributed by atoms with Gasteiger partial charge in [-0.25, -0.2) is 9.97 Å². The summed E-state index contributed by atoms with van der Waals surface area (Å²) in [6.07, 6.45) is -4.80. The molecule has 0 bridgehead atoms. The van der Waals surface area contributed by atoms with Crippen molar-refractivity contribution in [3.8, 4) is 28.7 Å². The molecule has 0 saturated heterocycles. The van der Waals surface area contributed by atoms with Crippen LogP contribution in [0.2, 0.25) is 0 Å². The average Bonchev–Trinajstić information content (AvgIpc) is 3.35. The molecule has 2 aromatic carbocycles. The molecule has 0 atom stereocenters. The molecule has 0 amide bonds. The number of benzene rings is 2. The first-order chi connectivity index (χ1) is 14.9. The third-order valence-electron chi connectivity index (χ3n) is 4.66. The predicted molar refractivity (Wildman–Crippen MR) is 109 cm³/mol. The van der Waals surface area contributed by atoms with Crippen molar-refractivity contribution in [1.29, 1.82) is 5.26 Å². The fourth-order valence-electron chi connectivity index (χ4n) is 3.35. The monoisotopic (exact) mass is 673 g/mol. The van der Waals surface area contributed by atoms with Gasteiger partial charge in [0.05, 0.1) is 5.56 Å². The Balaban J connectivity index is 0.00000153. The molecule has 0 saturated carbocycles. The Morgan fingerprint density at radius 3 is 2.45 bits per heavy atom. The van der Waals surface area contributed by atoms with Gasteiger partial charge in [0.15, 0.2) is 11.3 Å². The molecule has 0 aliphatic heterocycles. The summed E-state index contributed by atoms with van der Waals surface area (Å²) in [5, 5.41) is 11.7. The Labute approximate surface area is 208 Å². The molecule has 5 aromatic rings. The smallest absolute Gasteiger partial charge is 0.500 e. The Morgan fingerprint density at radius 2 is 1.82 bits per heavy atom. The number of aromatic nitrogens is 4. The summed E-state index contributed by atoms with van der Waals surface area (Å²) in [4.78, 5) is 21.4. The summed E-state index contributed by atoms with van der Waals surface area (Å²) in [5.74, 6) is -0.231. The number of alkyl halides is 3. The van der Waals surface area contributed by atoms with E-state index in [1.807, 2.05) is 0 Å². The van der Waals surface area contributed by atoms with E-state index >= 15 is 0 Å². The molecular formula is C22H12F3N5O2U. The van der Waals surface area contributed by atoms with Gasteiger partial charge in [-0.2, -0.15) is 41.1 Å².